The van der Waals surface area contributed by atoms with E-state index in [0.717, 1.165) is 39.7 Å². The molecule has 3 aliphatic carbocycles. The third-order valence-corrected chi connectivity index (χ3v) is 8.38. The summed E-state index contributed by atoms with van der Waals surface area (Å²) in [6.45, 7) is 6.74. The first kappa shape index (κ1) is 19.7. The van der Waals surface area contributed by atoms with Crippen LogP contribution in [0.1, 0.15) is 55.8 Å². The maximum Gasteiger partial charge on any atom is 0.0960 e. The van der Waals surface area contributed by atoms with Crippen LogP contribution >= 0.6 is 0 Å². The Balaban J connectivity index is 1.56. The van der Waals surface area contributed by atoms with Crippen molar-refractivity contribution in [3.05, 3.63) is 102 Å². The average molecular weight is 420 g/mol. The summed E-state index contributed by atoms with van der Waals surface area (Å²) in [6.07, 6.45) is 1.12. The smallest absolute Gasteiger partial charge is 0.0960 e. The van der Waals surface area contributed by atoms with Crippen molar-refractivity contribution in [1.29, 1.82) is 0 Å². The van der Waals surface area contributed by atoms with Crippen LogP contribution in [0, 0.1) is 11.3 Å². The first-order valence-corrected chi connectivity index (χ1v) is 11.7. The Labute approximate surface area is 190 Å². The van der Waals surface area contributed by atoms with E-state index < -0.39 is 5.60 Å². The highest BCUT2D eigenvalue weighted by molar-refractivity contribution is 5.86. The molecule has 0 saturated heterocycles. The highest BCUT2D eigenvalue weighted by atomic mass is 16.3. The molecule has 1 saturated carbocycles. The molecular weight excluding hydrogens is 390 g/mol. The lowest BCUT2D eigenvalue weighted by Gasteiger charge is -2.62. The first-order chi connectivity index (χ1) is 15.4. The fraction of sp³-hybridized carbons (Fsp3) is 0.300. The van der Waals surface area contributed by atoms with Crippen LogP contribution in [0.5, 0.6) is 0 Å². The van der Waals surface area contributed by atoms with Gasteiger partial charge in [-0.25, -0.2) is 0 Å². The minimum absolute atomic E-state index is 0.0491. The van der Waals surface area contributed by atoms with Gasteiger partial charge in [-0.15, -0.1) is 0 Å². The second-order valence-electron chi connectivity index (χ2n) is 10.4. The molecule has 0 radical (unpaired) electrons. The second-order valence-corrected chi connectivity index (χ2v) is 10.4. The van der Waals surface area contributed by atoms with E-state index in [1.54, 1.807) is 0 Å². The summed E-state index contributed by atoms with van der Waals surface area (Å²) in [5.41, 5.74) is 4.65. The lowest BCUT2D eigenvalue weighted by Crippen LogP contribution is -2.55. The zero-order valence-electron chi connectivity index (χ0n) is 18.9. The molecule has 3 aromatic carbocycles. The van der Waals surface area contributed by atoms with Gasteiger partial charge in [-0.2, -0.15) is 0 Å². The van der Waals surface area contributed by atoms with Gasteiger partial charge in [-0.1, -0.05) is 92.7 Å². The Hall–Kier alpha value is -2.97. The molecule has 160 valence electrons. The van der Waals surface area contributed by atoms with Gasteiger partial charge in [0.25, 0.3) is 0 Å². The highest BCUT2D eigenvalue weighted by Crippen LogP contribution is 2.69. The number of aliphatic hydroxyl groups is 1. The van der Waals surface area contributed by atoms with E-state index in [4.69, 9.17) is 4.98 Å². The molecule has 0 spiro atoms. The number of aromatic nitrogens is 1. The third kappa shape index (κ3) is 2.66. The van der Waals surface area contributed by atoms with Crippen LogP contribution < -0.4 is 0 Å². The van der Waals surface area contributed by atoms with Gasteiger partial charge in [0.2, 0.25) is 0 Å². The highest BCUT2D eigenvalue weighted by Gasteiger charge is 2.61. The fourth-order valence-corrected chi connectivity index (χ4v) is 6.53. The van der Waals surface area contributed by atoms with E-state index in [2.05, 4.69) is 92.7 Å². The minimum atomic E-state index is -1.02. The monoisotopic (exact) mass is 419 g/mol. The van der Waals surface area contributed by atoms with E-state index in [-0.39, 0.29) is 11.3 Å². The van der Waals surface area contributed by atoms with E-state index in [1.165, 1.54) is 5.56 Å². The quantitative estimate of drug-likeness (QED) is 0.386. The zero-order valence-corrected chi connectivity index (χ0v) is 18.9. The molecule has 7 rings (SSSR count). The fourth-order valence-electron chi connectivity index (χ4n) is 6.53. The van der Waals surface area contributed by atoms with Crippen molar-refractivity contribution < 1.29 is 5.11 Å². The Morgan fingerprint density at radius 2 is 1.59 bits per heavy atom. The summed E-state index contributed by atoms with van der Waals surface area (Å²) < 4.78 is 0. The van der Waals surface area contributed by atoms with Crippen LogP contribution in [0.4, 0.5) is 0 Å². The molecule has 0 amide bonds. The van der Waals surface area contributed by atoms with Crippen LogP contribution in [0.3, 0.4) is 0 Å². The molecule has 2 heteroatoms. The Morgan fingerprint density at radius 3 is 2.38 bits per heavy atom. The summed E-state index contributed by atoms with van der Waals surface area (Å²) in [6, 6.07) is 29.5. The molecule has 2 bridgehead atoms. The van der Waals surface area contributed by atoms with Gasteiger partial charge >= 0.3 is 0 Å². The van der Waals surface area contributed by atoms with E-state index in [0.29, 0.717) is 11.8 Å². The van der Waals surface area contributed by atoms with Crippen molar-refractivity contribution in [2.75, 3.05) is 0 Å². The molecule has 0 unspecified atom stereocenters. The van der Waals surface area contributed by atoms with Crippen molar-refractivity contribution in [2.45, 2.75) is 44.6 Å². The zero-order chi connectivity index (χ0) is 22.1. The lowest BCUT2D eigenvalue weighted by atomic mass is 9.42. The van der Waals surface area contributed by atoms with Crippen molar-refractivity contribution in [2.24, 2.45) is 11.3 Å². The molecule has 3 aliphatic rings. The van der Waals surface area contributed by atoms with Crippen molar-refractivity contribution >= 4 is 10.8 Å². The van der Waals surface area contributed by atoms with Crippen molar-refractivity contribution in [3.8, 4) is 11.3 Å². The van der Waals surface area contributed by atoms with Crippen LogP contribution in [-0.4, -0.2) is 10.1 Å². The summed E-state index contributed by atoms with van der Waals surface area (Å²) in [4.78, 5) is 5.22. The van der Waals surface area contributed by atoms with Gasteiger partial charge in [0.1, 0.15) is 0 Å². The number of hydrogen-bond donors (Lipinski definition) is 1. The predicted octanol–water partition coefficient (Wildman–Crippen LogP) is 7.04. The second kappa shape index (κ2) is 6.76. The Bertz CT molecular complexity index is 1320. The van der Waals surface area contributed by atoms with E-state index >= 15 is 0 Å². The number of rotatable bonds is 3. The molecule has 4 atom stereocenters. The van der Waals surface area contributed by atoms with Crippen molar-refractivity contribution in [1.82, 2.24) is 4.98 Å². The van der Waals surface area contributed by atoms with Gasteiger partial charge in [-0.05, 0) is 58.6 Å². The SMILES string of the molecule is CC1(C)[C@@H]2C[C@H]1c1ccc(-c3ccccc3)nc1[C@H]2[C@](C)(O)c1cccc2ccccc12. The number of fused-ring (bicyclic) bond motifs is 1. The number of benzene rings is 3. The molecule has 1 aromatic heterocycles. The maximum absolute atomic E-state index is 12.3. The van der Waals surface area contributed by atoms with E-state index in [9.17, 15) is 5.11 Å². The number of hydrogen-bond acceptors (Lipinski definition) is 2. The molecule has 0 aliphatic heterocycles. The molecule has 1 fully saturated rings. The molecule has 1 N–H and O–H groups in total. The summed E-state index contributed by atoms with van der Waals surface area (Å²) >= 11 is 0. The molecular formula is C30H29NO. The minimum Gasteiger partial charge on any atom is -0.385 e. The predicted molar refractivity (Wildman–Crippen MR) is 131 cm³/mol. The summed E-state index contributed by atoms with van der Waals surface area (Å²) in [5, 5.41) is 14.6. The van der Waals surface area contributed by atoms with Crippen LogP contribution in [0.2, 0.25) is 0 Å². The Morgan fingerprint density at radius 1 is 0.875 bits per heavy atom. The van der Waals surface area contributed by atoms with Gasteiger partial charge in [0, 0.05) is 11.5 Å². The summed E-state index contributed by atoms with van der Waals surface area (Å²) in [5.74, 6) is 0.860. The van der Waals surface area contributed by atoms with Gasteiger partial charge < -0.3 is 5.11 Å². The average Bonchev–Trinajstić information content (AvgIpc) is 2.82. The van der Waals surface area contributed by atoms with Gasteiger partial charge in [0.15, 0.2) is 0 Å². The van der Waals surface area contributed by atoms with Gasteiger partial charge in [-0.3, -0.25) is 4.98 Å². The van der Waals surface area contributed by atoms with Crippen molar-refractivity contribution in [3.63, 3.8) is 0 Å². The molecule has 32 heavy (non-hydrogen) atoms. The van der Waals surface area contributed by atoms with Crippen LogP contribution in [0.25, 0.3) is 22.0 Å². The normalized spacial score (nSPS) is 24.9. The number of pyridine rings is 1. The lowest BCUT2D eigenvalue weighted by molar-refractivity contribution is -0.0900. The number of nitrogens with zero attached hydrogens (tertiary/aromatic N) is 1. The Kier molecular flexibility index (Phi) is 4.16. The van der Waals surface area contributed by atoms with Gasteiger partial charge in [0.05, 0.1) is 17.0 Å². The van der Waals surface area contributed by atoms with Crippen LogP contribution in [-0.2, 0) is 5.60 Å². The maximum atomic E-state index is 12.3. The van der Waals surface area contributed by atoms with Crippen LogP contribution in [0.15, 0.2) is 84.9 Å². The molecule has 4 aromatic rings. The topological polar surface area (TPSA) is 33.1 Å². The molecule has 1 heterocycles. The largest absolute Gasteiger partial charge is 0.385 e. The summed E-state index contributed by atoms with van der Waals surface area (Å²) in [7, 11) is 0. The van der Waals surface area contributed by atoms with E-state index in [1.807, 2.05) is 13.0 Å². The molecule has 2 nitrogen and oxygen atoms in total. The third-order valence-electron chi connectivity index (χ3n) is 8.38. The standard InChI is InChI=1S/C30H29NO/c1-29(2)24-18-25(29)27(28-22(24)16-17-26(31-28)20-11-5-4-6-12-20)30(3,32)23-15-9-13-19-10-7-8-14-21(19)23/h4-17,24-25,27,32H,18H2,1-3H3/t24-,25+,27-,30+/m0/s1. The first-order valence-electron chi connectivity index (χ1n) is 11.7.